The average molecular weight is 466 g/mol. The van der Waals surface area contributed by atoms with Gasteiger partial charge < -0.3 is 21.2 Å². The minimum absolute atomic E-state index is 0.113. The minimum Gasteiger partial charge on any atom is -0.399 e. The molecule has 9 nitrogen and oxygen atoms in total. The van der Waals surface area contributed by atoms with E-state index in [1.54, 1.807) is 19.5 Å². The molecule has 0 bridgehead atoms. The topological polar surface area (TPSA) is 123 Å². The zero-order chi connectivity index (χ0) is 23.9. The van der Waals surface area contributed by atoms with Crippen molar-refractivity contribution < 1.29 is 9.63 Å². The Morgan fingerprint density at radius 2 is 1.56 bits per heavy atom. The van der Waals surface area contributed by atoms with Crippen LogP contribution >= 0.6 is 0 Å². The lowest BCUT2D eigenvalue weighted by molar-refractivity contribution is -0.138. The van der Waals surface area contributed by atoms with Crippen LogP contribution in [-0.4, -0.2) is 64.7 Å². The lowest BCUT2D eigenvalue weighted by atomic mass is 9.87. The molecule has 2 aromatic rings. The van der Waals surface area contributed by atoms with Crippen molar-refractivity contribution in [2.24, 2.45) is 17.0 Å². The maximum Gasteiger partial charge on any atom is 0.225 e. The number of oxime groups is 1. The number of carbonyl (C=O) groups excluding carboxylic acids is 1. The summed E-state index contributed by atoms with van der Waals surface area (Å²) in [5, 5.41) is 4.32. The van der Waals surface area contributed by atoms with E-state index in [4.69, 9.17) is 16.3 Å². The first-order valence-electron chi connectivity index (χ1n) is 12.0. The van der Waals surface area contributed by atoms with Gasteiger partial charge in [0.05, 0.1) is 5.71 Å². The number of likely N-dealkylation sites (tertiary alicyclic amines) is 2. The fourth-order valence-corrected chi connectivity index (χ4v) is 5.06. The Morgan fingerprint density at radius 3 is 2.18 bits per heavy atom. The number of nitrogen functional groups attached to an aromatic ring is 2. The van der Waals surface area contributed by atoms with Gasteiger partial charge in [-0.15, -0.1) is 0 Å². The van der Waals surface area contributed by atoms with E-state index in [1.165, 1.54) is 5.56 Å². The summed E-state index contributed by atoms with van der Waals surface area (Å²) in [5.41, 5.74) is 14.9. The van der Waals surface area contributed by atoms with Gasteiger partial charge >= 0.3 is 0 Å². The van der Waals surface area contributed by atoms with Gasteiger partial charge in [0.2, 0.25) is 5.91 Å². The molecule has 0 spiro atoms. The highest BCUT2D eigenvalue weighted by Crippen LogP contribution is 2.26. The number of nitrogens with two attached hydrogens (primary N) is 2. The lowest BCUT2D eigenvalue weighted by Gasteiger charge is -2.37. The molecule has 2 aromatic heterocycles. The number of aromatic nitrogens is 2. The van der Waals surface area contributed by atoms with E-state index in [2.05, 4.69) is 24.9 Å². The van der Waals surface area contributed by atoms with Crippen molar-refractivity contribution >= 4 is 23.3 Å². The number of hydrogen-bond donors (Lipinski definition) is 2. The second kappa shape index (κ2) is 11.3. The van der Waals surface area contributed by atoms with E-state index < -0.39 is 0 Å². The number of piperidine rings is 2. The van der Waals surface area contributed by atoms with Crippen LogP contribution in [0.25, 0.3) is 0 Å². The second-order valence-electron chi connectivity index (χ2n) is 9.27. The standard InChI is InChI=1S/C25H35N7O2/c1-34-30-22(14-18-2-8-28-23(26)15-18)20-6-12-32(13-7-20)25(33)21-4-10-31(11-5-21)17-19-3-9-29-24(27)16-19/h2-3,8-9,15-16,20-21H,4-7,10-14,17H2,1H3,(H2,26,28)(H2,27,29). The van der Waals surface area contributed by atoms with Crippen LogP contribution in [0.4, 0.5) is 11.6 Å². The van der Waals surface area contributed by atoms with Gasteiger partial charge in [-0.05, 0) is 74.2 Å². The third-order valence-corrected chi connectivity index (χ3v) is 6.91. The zero-order valence-corrected chi connectivity index (χ0v) is 19.9. The number of amides is 1. The fourth-order valence-electron chi connectivity index (χ4n) is 5.06. The predicted octanol–water partition coefficient (Wildman–Crippen LogP) is 2.34. The smallest absolute Gasteiger partial charge is 0.225 e. The highest BCUT2D eigenvalue weighted by Gasteiger charge is 2.32. The summed E-state index contributed by atoms with van der Waals surface area (Å²) in [5.74, 6) is 1.77. The Hall–Kier alpha value is -3.20. The first kappa shape index (κ1) is 23.9. The molecular weight excluding hydrogens is 430 g/mol. The van der Waals surface area contributed by atoms with Gasteiger partial charge in [0.1, 0.15) is 18.7 Å². The molecule has 0 saturated carbocycles. The molecular formula is C25H35N7O2. The zero-order valence-electron chi connectivity index (χ0n) is 19.9. The summed E-state index contributed by atoms with van der Waals surface area (Å²) in [6.07, 6.45) is 7.75. The number of rotatable bonds is 7. The van der Waals surface area contributed by atoms with Crippen LogP contribution in [0.5, 0.6) is 0 Å². The molecule has 4 heterocycles. The van der Waals surface area contributed by atoms with Crippen molar-refractivity contribution in [3.8, 4) is 0 Å². The van der Waals surface area contributed by atoms with Gasteiger partial charge in [0.15, 0.2) is 0 Å². The molecule has 0 aromatic carbocycles. The summed E-state index contributed by atoms with van der Waals surface area (Å²) in [4.78, 5) is 30.9. The van der Waals surface area contributed by atoms with Gasteiger partial charge in [-0.1, -0.05) is 5.16 Å². The van der Waals surface area contributed by atoms with E-state index in [-0.39, 0.29) is 5.92 Å². The van der Waals surface area contributed by atoms with Crippen molar-refractivity contribution in [3.05, 3.63) is 47.8 Å². The highest BCUT2D eigenvalue weighted by atomic mass is 16.6. The van der Waals surface area contributed by atoms with Crippen molar-refractivity contribution in [2.75, 3.05) is 44.8 Å². The maximum atomic E-state index is 13.2. The van der Waals surface area contributed by atoms with E-state index in [1.807, 2.05) is 24.3 Å². The molecule has 9 heteroatoms. The number of anilines is 2. The maximum absolute atomic E-state index is 13.2. The molecule has 34 heavy (non-hydrogen) atoms. The van der Waals surface area contributed by atoms with Gasteiger partial charge in [-0.2, -0.15) is 0 Å². The molecule has 0 atom stereocenters. The molecule has 0 radical (unpaired) electrons. The van der Waals surface area contributed by atoms with Crippen molar-refractivity contribution in [1.82, 2.24) is 19.8 Å². The fraction of sp³-hybridized carbons (Fsp3) is 0.520. The summed E-state index contributed by atoms with van der Waals surface area (Å²) in [7, 11) is 1.58. The predicted molar refractivity (Wildman–Crippen MR) is 133 cm³/mol. The first-order chi connectivity index (χ1) is 16.5. The molecule has 2 saturated heterocycles. The van der Waals surface area contributed by atoms with Gasteiger partial charge in [-0.25, -0.2) is 9.97 Å². The third-order valence-electron chi connectivity index (χ3n) is 6.91. The number of hydrogen-bond acceptors (Lipinski definition) is 8. The Morgan fingerprint density at radius 1 is 0.971 bits per heavy atom. The molecule has 1 amide bonds. The quantitative estimate of drug-likeness (QED) is 0.475. The number of nitrogens with zero attached hydrogens (tertiary/aromatic N) is 5. The van der Waals surface area contributed by atoms with Gasteiger partial charge in [0, 0.05) is 50.3 Å². The average Bonchev–Trinajstić information content (AvgIpc) is 2.84. The molecule has 2 fully saturated rings. The minimum atomic E-state index is 0.113. The van der Waals surface area contributed by atoms with Crippen LogP contribution in [0.2, 0.25) is 0 Å². The van der Waals surface area contributed by atoms with E-state index in [9.17, 15) is 4.79 Å². The molecule has 4 N–H and O–H groups in total. The van der Waals surface area contributed by atoms with E-state index in [0.717, 1.165) is 69.7 Å². The van der Waals surface area contributed by atoms with Crippen LogP contribution in [0, 0.1) is 11.8 Å². The SMILES string of the molecule is CON=C(Cc1ccnc(N)c1)C1CCN(C(=O)C2CCN(Cc3ccnc(N)c3)CC2)CC1. The number of pyridine rings is 2. The third kappa shape index (κ3) is 6.22. The van der Waals surface area contributed by atoms with E-state index in [0.29, 0.717) is 29.9 Å². The van der Waals surface area contributed by atoms with Crippen molar-refractivity contribution in [2.45, 2.75) is 38.6 Å². The van der Waals surface area contributed by atoms with Crippen molar-refractivity contribution in [1.29, 1.82) is 0 Å². The van der Waals surface area contributed by atoms with Crippen molar-refractivity contribution in [3.63, 3.8) is 0 Å². The Balaban J connectivity index is 1.25. The molecule has 0 unspecified atom stereocenters. The first-order valence-corrected chi connectivity index (χ1v) is 12.0. The lowest BCUT2D eigenvalue weighted by Crippen LogP contribution is -2.46. The molecule has 182 valence electrons. The summed E-state index contributed by atoms with van der Waals surface area (Å²) < 4.78 is 0. The second-order valence-corrected chi connectivity index (χ2v) is 9.27. The van der Waals surface area contributed by atoms with Crippen LogP contribution in [-0.2, 0) is 22.6 Å². The van der Waals surface area contributed by atoms with Gasteiger partial charge in [0.25, 0.3) is 0 Å². The Kier molecular flexibility index (Phi) is 7.95. The Bertz CT molecular complexity index is 996. The summed E-state index contributed by atoms with van der Waals surface area (Å²) in [6.45, 7) is 4.23. The van der Waals surface area contributed by atoms with Gasteiger partial charge in [-0.3, -0.25) is 9.69 Å². The van der Waals surface area contributed by atoms with Crippen LogP contribution in [0.15, 0.2) is 41.8 Å². The molecule has 2 aliphatic rings. The normalized spacial score (nSPS) is 18.7. The monoisotopic (exact) mass is 465 g/mol. The van der Waals surface area contributed by atoms with Crippen LogP contribution in [0.3, 0.4) is 0 Å². The number of carbonyl (C=O) groups is 1. The highest BCUT2D eigenvalue weighted by molar-refractivity contribution is 5.89. The molecule has 2 aliphatic heterocycles. The molecule has 4 rings (SSSR count). The van der Waals surface area contributed by atoms with Crippen LogP contribution < -0.4 is 11.5 Å². The van der Waals surface area contributed by atoms with E-state index >= 15 is 0 Å². The summed E-state index contributed by atoms with van der Waals surface area (Å²) in [6, 6.07) is 7.75. The Labute approximate surface area is 201 Å². The largest absolute Gasteiger partial charge is 0.399 e. The summed E-state index contributed by atoms with van der Waals surface area (Å²) >= 11 is 0. The van der Waals surface area contributed by atoms with Crippen LogP contribution in [0.1, 0.15) is 36.8 Å². The molecule has 0 aliphatic carbocycles.